The van der Waals surface area contributed by atoms with Gasteiger partial charge in [-0.25, -0.2) is 9.55 Å². The Hall–Kier alpha value is -1.82. The zero-order valence-corrected chi connectivity index (χ0v) is 11.6. The fraction of sp³-hybridized carbons (Fsp3) is 0.375. The summed E-state index contributed by atoms with van der Waals surface area (Å²) in [4.78, 5) is 35.8. The number of aromatic nitrogens is 4. The molecular weight excluding hydrogens is 307 g/mol. The van der Waals surface area contributed by atoms with Crippen molar-refractivity contribution in [1.29, 1.82) is 0 Å². The summed E-state index contributed by atoms with van der Waals surface area (Å²) >= 11 is 0. The standard InChI is InChI=1S/C5H6N6.C3H6O2.H3O4P/c6-3-2-4(9-1-8-2)11-5(7)10-3;1-2-5-3-4-1;1-5(2,3)4/h1H,(H5,6,7,8,9,10,11);1-3H2;(H3,1,2,3,4). The van der Waals surface area contributed by atoms with Gasteiger partial charge in [0, 0.05) is 0 Å². The van der Waals surface area contributed by atoms with E-state index in [9.17, 15) is 0 Å². The van der Waals surface area contributed by atoms with Gasteiger partial charge in [-0.05, 0) is 0 Å². The van der Waals surface area contributed by atoms with E-state index in [1.54, 1.807) is 0 Å². The van der Waals surface area contributed by atoms with Gasteiger partial charge >= 0.3 is 7.82 Å². The van der Waals surface area contributed by atoms with Gasteiger partial charge in [0.15, 0.2) is 11.5 Å². The lowest BCUT2D eigenvalue weighted by Crippen LogP contribution is -1.99. The van der Waals surface area contributed by atoms with Crippen LogP contribution in [0.15, 0.2) is 6.33 Å². The van der Waals surface area contributed by atoms with Crippen molar-refractivity contribution < 1.29 is 28.7 Å². The van der Waals surface area contributed by atoms with Crippen LogP contribution in [0.4, 0.5) is 11.8 Å². The molecule has 0 atom stereocenters. The van der Waals surface area contributed by atoms with Crippen molar-refractivity contribution in [2.24, 2.45) is 0 Å². The number of hydrogen-bond acceptors (Lipinski definition) is 8. The van der Waals surface area contributed by atoms with Gasteiger partial charge in [-0.3, -0.25) is 0 Å². The van der Waals surface area contributed by atoms with Crippen LogP contribution < -0.4 is 11.5 Å². The summed E-state index contributed by atoms with van der Waals surface area (Å²) < 4.78 is 18.3. The van der Waals surface area contributed by atoms with Gasteiger partial charge in [0.1, 0.15) is 12.3 Å². The van der Waals surface area contributed by atoms with Gasteiger partial charge in [0.25, 0.3) is 0 Å². The summed E-state index contributed by atoms with van der Waals surface area (Å²) in [5, 5.41) is 0. The Balaban J connectivity index is 0.000000185. The third-order valence-corrected chi connectivity index (χ3v) is 1.87. The topological polar surface area (TPSA) is 203 Å². The second kappa shape index (κ2) is 7.83. The highest BCUT2D eigenvalue weighted by Crippen LogP contribution is 2.25. The Bertz CT molecular complexity index is 594. The van der Waals surface area contributed by atoms with Gasteiger partial charge in [-0.1, -0.05) is 0 Å². The van der Waals surface area contributed by atoms with Crippen LogP contribution in [0.25, 0.3) is 11.2 Å². The molecule has 1 saturated heterocycles. The molecule has 0 unspecified atom stereocenters. The third kappa shape index (κ3) is 7.51. The fourth-order valence-electron chi connectivity index (χ4n) is 1.17. The highest BCUT2D eigenvalue weighted by atomic mass is 31.2. The zero-order valence-electron chi connectivity index (χ0n) is 10.7. The van der Waals surface area contributed by atoms with E-state index in [0.717, 1.165) is 13.2 Å². The number of hydrogen-bond donors (Lipinski definition) is 6. The van der Waals surface area contributed by atoms with Gasteiger partial charge in [0.05, 0.1) is 19.5 Å². The molecule has 21 heavy (non-hydrogen) atoms. The molecule has 1 aliphatic heterocycles. The van der Waals surface area contributed by atoms with E-state index in [4.69, 9.17) is 40.2 Å². The summed E-state index contributed by atoms with van der Waals surface area (Å²) in [5.74, 6) is 0.465. The van der Waals surface area contributed by atoms with Crippen molar-refractivity contribution in [2.45, 2.75) is 0 Å². The maximum Gasteiger partial charge on any atom is 0.466 e. The van der Waals surface area contributed by atoms with Crippen molar-refractivity contribution in [3.63, 3.8) is 0 Å². The molecule has 12 nitrogen and oxygen atoms in total. The number of nitrogen functional groups attached to an aromatic ring is 2. The van der Waals surface area contributed by atoms with E-state index in [1.165, 1.54) is 6.33 Å². The number of nitrogens with two attached hydrogens (primary N) is 2. The van der Waals surface area contributed by atoms with Crippen LogP contribution in [-0.2, 0) is 14.0 Å². The lowest BCUT2D eigenvalue weighted by molar-refractivity contribution is 0.0692. The largest absolute Gasteiger partial charge is 0.466 e. The van der Waals surface area contributed by atoms with E-state index in [2.05, 4.69) is 19.9 Å². The Morgan fingerprint density at radius 1 is 1.19 bits per heavy atom. The Labute approximate surface area is 118 Å². The number of phosphoric acid groups is 1. The monoisotopic (exact) mass is 322 g/mol. The number of imidazole rings is 1. The molecule has 13 heteroatoms. The minimum atomic E-state index is -4.64. The van der Waals surface area contributed by atoms with Crippen LogP contribution in [0.2, 0.25) is 0 Å². The molecule has 1 fully saturated rings. The minimum absolute atomic E-state index is 0.141. The van der Waals surface area contributed by atoms with Crippen molar-refractivity contribution in [3.05, 3.63) is 6.33 Å². The Kier molecular flexibility index (Phi) is 6.42. The average molecular weight is 322 g/mol. The molecule has 0 aliphatic carbocycles. The van der Waals surface area contributed by atoms with Crippen LogP contribution in [0.1, 0.15) is 0 Å². The van der Waals surface area contributed by atoms with Crippen LogP contribution in [-0.4, -0.2) is 54.6 Å². The zero-order chi connectivity index (χ0) is 15.9. The molecule has 3 heterocycles. The number of anilines is 2. The van der Waals surface area contributed by atoms with Gasteiger partial charge < -0.3 is 40.6 Å². The van der Waals surface area contributed by atoms with Crippen LogP contribution in [0.5, 0.6) is 0 Å². The van der Waals surface area contributed by atoms with E-state index in [0.29, 0.717) is 23.8 Å². The first-order valence-electron chi connectivity index (χ1n) is 5.43. The van der Waals surface area contributed by atoms with Gasteiger partial charge in [-0.2, -0.15) is 9.97 Å². The molecule has 2 aromatic heterocycles. The molecule has 2 aromatic rings. The van der Waals surface area contributed by atoms with Crippen LogP contribution in [0.3, 0.4) is 0 Å². The van der Waals surface area contributed by atoms with Crippen molar-refractivity contribution in [2.75, 3.05) is 31.5 Å². The second-order valence-electron chi connectivity index (χ2n) is 3.52. The number of aromatic amines is 1. The number of rotatable bonds is 0. The summed E-state index contributed by atoms with van der Waals surface area (Å²) in [6.45, 7) is 2.06. The SMILES string of the molecule is C1COCO1.Nc1nc(N)c2[nH]cnc2n1.O=P(O)(O)O. The molecule has 0 radical (unpaired) electrons. The quantitative estimate of drug-likeness (QED) is 0.310. The molecule has 1 aliphatic rings. The summed E-state index contributed by atoms with van der Waals surface area (Å²) in [5.41, 5.74) is 11.9. The van der Waals surface area contributed by atoms with Crippen molar-refractivity contribution in [1.82, 2.24) is 19.9 Å². The molecule has 0 spiro atoms. The molecule has 118 valence electrons. The Morgan fingerprint density at radius 2 is 1.76 bits per heavy atom. The van der Waals surface area contributed by atoms with Gasteiger partial charge in [-0.15, -0.1) is 0 Å². The Morgan fingerprint density at radius 3 is 2.24 bits per heavy atom. The van der Waals surface area contributed by atoms with E-state index in [-0.39, 0.29) is 5.95 Å². The maximum absolute atomic E-state index is 8.88. The third-order valence-electron chi connectivity index (χ3n) is 1.87. The molecule has 0 saturated carbocycles. The van der Waals surface area contributed by atoms with E-state index < -0.39 is 7.82 Å². The second-order valence-corrected chi connectivity index (χ2v) is 4.54. The van der Waals surface area contributed by atoms with Gasteiger partial charge in [0.2, 0.25) is 5.95 Å². The lowest BCUT2D eigenvalue weighted by Gasteiger charge is -1.94. The minimum Gasteiger partial charge on any atom is -0.382 e. The molecule has 8 N–H and O–H groups in total. The maximum atomic E-state index is 8.88. The molecule has 0 amide bonds. The summed E-state index contributed by atoms with van der Waals surface area (Å²) in [7, 11) is -4.64. The van der Waals surface area contributed by atoms with Crippen LogP contribution in [0, 0.1) is 0 Å². The predicted octanol–water partition coefficient (Wildman–Crippen LogP) is -1.42. The normalized spacial score (nSPS) is 14.0. The fourth-order valence-corrected chi connectivity index (χ4v) is 1.17. The van der Waals surface area contributed by atoms with E-state index in [1.807, 2.05) is 0 Å². The number of fused-ring (bicyclic) bond motifs is 1. The summed E-state index contributed by atoms with van der Waals surface area (Å²) in [6.07, 6.45) is 1.50. The predicted molar refractivity (Wildman–Crippen MR) is 71.5 cm³/mol. The lowest BCUT2D eigenvalue weighted by atomic mass is 10.5. The highest BCUT2D eigenvalue weighted by Gasteiger charge is 2.03. The van der Waals surface area contributed by atoms with E-state index >= 15 is 0 Å². The van der Waals surface area contributed by atoms with Crippen molar-refractivity contribution >= 4 is 30.8 Å². The molecule has 3 rings (SSSR count). The molecule has 0 bridgehead atoms. The first kappa shape index (κ1) is 17.2. The average Bonchev–Trinajstić information content (AvgIpc) is 2.99. The number of nitrogens with zero attached hydrogens (tertiary/aromatic N) is 3. The number of nitrogens with one attached hydrogen (secondary N) is 1. The first-order valence-corrected chi connectivity index (χ1v) is 6.99. The highest BCUT2D eigenvalue weighted by molar-refractivity contribution is 7.45. The number of ether oxygens (including phenoxy) is 2. The first-order chi connectivity index (χ1) is 9.77. The molecular formula is C8H15N6O6P. The smallest absolute Gasteiger partial charge is 0.382 e. The van der Waals surface area contributed by atoms with Crippen molar-refractivity contribution in [3.8, 4) is 0 Å². The number of H-pyrrole nitrogens is 1. The molecule has 0 aromatic carbocycles. The van der Waals surface area contributed by atoms with Crippen LogP contribution >= 0.6 is 7.82 Å². The summed E-state index contributed by atoms with van der Waals surface area (Å²) in [6, 6.07) is 0.